The summed E-state index contributed by atoms with van der Waals surface area (Å²) in [4.78, 5) is 2.44. The standard InChI is InChI=1S/C16H18IOS2/c1-20(2)11-12-5-3-4-6-15(12)19-16-8-7-14(17)9-13(16)10-18/h3-9,18H,10-11H2,1-2H3/q+1. The number of aliphatic hydroxyl groups is 1. The van der Waals surface area contributed by atoms with Crippen LogP contribution in [0.1, 0.15) is 11.1 Å². The zero-order chi connectivity index (χ0) is 14.5. The number of hydrogen-bond donors (Lipinski definition) is 1. The first-order valence-corrected chi connectivity index (χ1v) is 10.4. The molecule has 0 saturated heterocycles. The SMILES string of the molecule is C[S+](C)Cc1ccccc1Sc1ccc(I)cc1CO. The second kappa shape index (κ2) is 7.73. The van der Waals surface area contributed by atoms with E-state index in [1.807, 2.05) is 0 Å². The first kappa shape index (κ1) is 16.2. The Morgan fingerprint density at radius 3 is 2.45 bits per heavy atom. The minimum absolute atomic E-state index is 0.0905. The van der Waals surface area contributed by atoms with E-state index in [4.69, 9.17) is 0 Å². The Hall–Kier alpha value is -0.170. The summed E-state index contributed by atoms with van der Waals surface area (Å²) in [5.41, 5.74) is 2.40. The topological polar surface area (TPSA) is 20.2 Å². The second-order valence-electron chi connectivity index (χ2n) is 4.75. The summed E-state index contributed by atoms with van der Waals surface area (Å²) in [5.74, 6) is 1.11. The number of aliphatic hydroxyl groups excluding tert-OH is 1. The molecule has 2 rings (SSSR count). The van der Waals surface area contributed by atoms with E-state index >= 15 is 0 Å². The lowest BCUT2D eigenvalue weighted by Crippen LogP contribution is -2.00. The highest BCUT2D eigenvalue weighted by atomic mass is 127. The fourth-order valence-electron chi connectivity index (χ4n) is 1.92. The highest BCUT2D eigenvalue weighted by Gasteiger charge is 2.12. The molecule has 0 amide bonds. The van der Waals surface area contributed by atoms with Gasteiger partial charge in [-0.2, -0.15) is 0 Å². The molecular formula is C16H18IOS2+. The van der Waals surface area contributed by atoms with Crippen LogP contribution in [-0.2, 0) is 23.3 Å². The van der Waals surface area contributed by atoms with Gasteiger partial charge in [0.25, 0.3) is 0 Å². The summed E-state index contributed by atoms with van der Waals surface area (Å²) in [6.45, 7) is 0.0905. The molecule has 0 heterocycles. The van der Waals surface area contributed by atoms with Crippen molar-refractivity contribution in [3.8, 4) is 0 Å². The van der Waals surface area contributed by atoms with Gasteiger partial charge in [0.05, 0.1) is 19.1 Å². The molecule has 2 aromatic carbocycles. The van der Waals surface area contributed by atoms with E-state index in [0.717, 1.165) is 19.8 Å². The molecule has 2 aromatic rings. The summed E-state index contributed by atoms with van der Waals surface area (Å²) in [5, 5.41) is 9.52. The van der Waals surface area contributed by atoms with Crippen LogP contribution in [0.3, 0.4) is 0 Å². The number of rotatable bonds is 5. The van der Waals surface area contributed by atoms with Crippen LogP contribution in [0.25, 0.3) is 0 Å². The summed E-state index contributed by atoms with van der Waals surface area (Å²) in [6, 6.07) is 14.8. The van der Waals surface area contributed by atoms with Gasteiger partial charge in [-0.25, -0.2) is 0 Å². The number of hydrogen-bond acceptors (Lipinski definition) is 2. The molecule has 0 aliphatic carbocycles. The van der Waals surface area contributed by atoms with E-state index in [1.54, 1.807) is 11.8 Å². The van der Waals surface area contributed by atoms with Crippen molar-refractivity contribution in [2.75, 3.05) is 12.5 Å². The van der Waals surface area contributed by atoms with Crippen molar-refractivity contribution >= 4 is 45.2 Å². The Labute approximate surface area is 141 Å². The Bertz CT molecular complexity index is 584. The van der Waals surface area contributed by atoms with Crippen molar-refractivity contribution in [1.29, 1.82) is 0 Å². The van der Waals surface area contributed by atoms with Gasteiger partial charge >= 0.3 is 0 Å². The van der Waals surface area contributed by atoms with Crippen LogP contribution in [0.2, 0.25) is 0 Å². The largest absolute Gasteiger partial charge is 0.392 e. The van der Waals surface area contributed by atoms with Gasteiger partial charge in [0.2, 0.25) is 0 Å². The summed E-state index contributed by atoms with van der Waals surface area (Å²) in [6.07, 6.45) is 4.54. The first-order valence-electron chi connectivity index (χ1n) is 6.29. The highest BCUT2D eigenvalue weighted by molar-refractivity contribution is 14.1. The minimum atomic E-state index is 0.0905. The molecule has 0 spiro atoms. The fourth-order valence-corrected chi connectivity index (χ4v) is 4.49. The van der Waals surface area contributed by atoms with Gasteiger partial charge < -0.3 is 5.11 Å². The molecule has 0 fully saturated rings. The molecule has 1 N–H and O–H groups in total. The van der Waals surface area contributed by atoms with Crippen molar-refractivity contribution in [3.63, 3.8) is 0 Å². The first-order chi connectivity index (χ1) is 9.60. The van der Waals surface area contributed by atoms with Gasteiger partial charge in [0, 0.05) is 18.9 Å². The zero-order valence-electron chi connectivity index (χ0n) is 11.6. The maximum atomic E-state index is 9.52. The lowest BCUT2D eigenvalue weighted by atomic mass is 10.2. The molecule has 0 aromatic heterocycles. The van der Waals surface area contributed by atoms with Gasteiger partial charge in [0.1, 0.15) is 5.75 Å². The van der Waals surface area contributed by atoms with Gasteiger partial charge in [0.15, 0.2) is 0 Å². The van der Waals surface area contributed by atoms with Gasteiger partial charge in [-0.1, -0.05) is 30.0 Å². The number of benzene rings is 2. The van der Waals surface area contributed by atoms with Crippen molar-refractivity contribution < 1.29 is 5.11 Å². The van der Waals surface area contributed by atoms with Crippen molar-refractivity contribution in [3.05, 3.63) is 57.2 Å². The Balaban J connectivity index is 2.30. The average molecular weight is 417 g/mol. The predicted octanol–water partition coefficient (Wildman–Crippen LogP) is 4.31. The molecule has 0 bridgehead atoms. The van der Waals surface area contributed by atoms with Gasteiger partial charge in [-0.3, -0.25) is 0 Å². The van der Waals surface area contributed by atoms with Gasteiger partial charge in [-0.15, -0.1) is 0 Å². The van der Waals surface area contributed by atoms with Crippen LogP contribution in [0, 0.1) is 3.57 Å². The van der Waals surface area contributed by atoms with Crippen LogP contribution in [-0.4, -0.2) is 17.6 Å². The van der Waals surface area contributed by atoms with Crippen molar-refractivity contribution in [2.45, 2.75) is 22.2 Å². The van der Waals surface area contributed by atoms with E-state index in [1.165, 1.54) is 10.5 Å². The maximum absolute atomic E-state index is 9.52. The average Bonchev–Trinajstić information content (AvgIpc) is 2.42. The molecule has 0 aliphatic rings. The summed E-state index contributed by atoms with van der Waals surface area (Å²) < 4.78 is 1.16. The van der Waals surface area contributed by atoms with E-state index in [9.17, 15) is 5.11 Å². The van der Waals surface area contributed by atoms with Crippen LogP contribution >= 0.6 is 34.4 Å². The molecule has 1 nitrogen and oxygen atoms in total. The van der Waals surface area contributed by atoms with E-state index in [2.05, 4.69) is 77.6 Å². The van der Waals surface area contributed by atoms with Crippen LogP contribution in [0.15, 0.2) is 52.3 Å². The normalized spacial score (nSPS) is 11.1. The third-order valence-corrected chi connectivity index (χ3v) is 5.63. The van der Waals surface area contributed by atoms with E-state index in [-0.39, 0.29) is 6.61 Å². The third kappa shape index (κ3) is 4.41. The predicted molar refractivity (Wildman–Crippen MR) is 98.6 cm³/mol. The van der Waals surface area contributed by atoms with Crippen LogP contribution in [0.5, 0.6) is 0 Å². The minimum Gasteiger partial charge on any atom is -0.392 e. The lowest BCUT2D eigenvalue weighted by molar-refractivity contribution is 0.279. The quantitative estimate of drug-likeness (QED) is 0.578. The Kier molecular flexibility index (Phi) is 6.26. The zero-order valence-corrected chi connectivity index (χ0v) is 15.4. The van der Waals surface area contributed by atoms with Crippen LogP contribution in [0.4, 0.5) is 0 Å². The second-order valence-corrected chi connectivity index (χ2v) is 9.34. The van der Waals surface area contributed by atoms with Crippen molar-refractivity contribution in [1.82, 2.24) is 0 Å². The Morgan fingerprint density at radius 1 is 1.05 bits per heavy atom. The van der Waals surface area contributed by atoms with Crippen molar-refractivity contribution in [2.24, 2.45) is 0 Å². The molecular weight excluding hydrogens is 399 g/mol. The monoisotopic (exact) mass is 417 g/mol. The molecule has 4 heteroatoms. The molecule has 0 unspecified atom stereocenters. The molecule has 0 saturated carbocycles. The summed E-state index contributed by atoms with van der Waals surface area (Å²) >= 11 is 4.04. The maximum Gasteiger partial charge on any atom is 0.133 e. The van der Waals surface area contributed by atoms with E-state index in [0.29, 0.717) is 10.9 Å². The number of halogens is 1. The molecule has 106 valence electrons. The van der Waals surface area contributed by atoms with Gasteiger partial charge in [-0.05, 0) is 63.3 Å². The smallest absolute Gasteiger partial charge is 0.133 e. The van der Waals surface area contributed by atoms with Crippen LogP contribution < -0.4 is 0 Å². The lowest BCUT2D eigenvalue weighted by Gasteiger charge is -2.11. The van der Waals surface area contributed by atoms with E-state index < -0.39 is 0 Å². The fraction of sp³-hybridized carbons (Fsp3) is 0.250. The summed E-state index contributed by atoms with van der Waals surface area (Å²) in [7, 11) is 0.390. The molecule has 20 heavy (non-hydrogen) atoms. The molecule has 0 atom stereocenters. The Morgan fingerprint density at radius 2 is 1.75 bits per heavy atom. The molecule has 0 aliphatic heterocycles. The highest BCUT2D eigenvalue weighted by Crippen LogP contribution is 2.34. The molecule has 0 radical (unpaired) electrons. The third-order valence-electron chi connectivity index (χ3n) is 2.83.